The third-order valence-corrected chi connectivity index (χ3v) is 9.99. The Morgan fingerprint density at radius 1 is 1.29 bits per heavy atom. The molecule has 1 fully saturated rings. The molecular formula is C21H33N3O3Sn. The van der Waals surface area contributed by atoms with Gasteiger partial charge in [-0.2, -0.15) is 0 Å². The molecule has 6 nitrogen and oxygen atoms in total. The summed E-state index contributed by atoms with van der Waals surface area (Å²) < 4.78 is 14.8. The van der Waals surface area contributed by atoms with E-state index in [9.17, 15) is 4.79 Å². The van der Waals surface area contributed by atoms with Gasteiger partial charge < -0.3 is 0 Å². The summed E-state index contributed by atoms with van der Waals surface area (Å²) in [6.45, 7) is 6.42. The van der Waals surface area contributed by atoms with Crippen molar-refractivity contribution in [3.63, 3.8) is 0 Å². The summed E-state index contributed by atoms with van der Waals surface area (Å²) in [5.41, 5.74) is 1.39. The topological polar surface area (TPSA) is 56.6 Å². The van der Waals surface area contributed by atoms with Gasteiger partial charge in [0.05, 0.1) is 0 Å². The van der Waals surface area contributed by atoms with Crippen LogP contribution in [0.2, 0.25) is 14.8 Å². The van der Waals surface area contributed by atoms with Gasteiger partial charge in [-0.3, -0.25) is 0 Å². The van der Waals surface area contributed by atoms with Crippen molar-refractivity contribution in [1.82, 2.24) is 9.78 Å². The fraction of sp³-hybridized carbons (Fsp3) is 0.619. The van der Waals surface area contributed by atoms with Gasteiger partial charge in [0.1, 0.15) is 0 Å². The van der Waals surface area contributed by atoms with E-state index >= 15 is 0 Å². The van der Waals surface area contributed by atoms with Gasteiger partial charge in [0, 0.05) is 0 Å². The molecule has 2 aromatic rings. The number of benzene rings is 1. The van der Waals surface area contributed by atoms with Crippen LogP contribution in [0.3, 0.4) is 0 Å². The van der Waals surface area contributed by atoms with E-state index in [2.05, 4.69) is 31.6 Å². The van der Waals surface area contributed by atoms with Gasteiger partial charge in [0.15, 0.2) is 0 Å². The number of aromatic nitrogens is 2. The number of hydrogen-bond donors (Lipinski definition) is 0. The van der Waals surface area contributed by atoms with Crippen LogP contribution >= 0.6 is 0 Å². The van der Waals surface area contributed by atoms with Gasteiger partial charge >= 0.3 is 172 Å². The van der Waals surface area contributed by atoms with Crippen LogP contribution in [0.25, 0.3) is 10.9 Å². The second kappa shape index (κ2) is 7.86. The Bertz CT molecular complexity index is 858. The molecule has 2 heterocycles. The Morgan fingerprint density at radius 3 is 2.57 bits per heavy atom. The van der Waals surface area contributed by atoms with Gasteiger partial charge in [-0.15, -0.1) is 0 Å². The second-order valence-electron chi connectivity index (χ2n) is 9.61. The molecule has 1 saturated heterocycles. The van der Waals surface area contributed by atoms with Crippen molar-refractivity contribution in [3.8, 4) is 0 Å². The van der Waals surface area contributed by atoms with Crippen LogP contribution in [-0.4, -0.2) is 53.5 Å². The van der Waals surface area contributed by atoms with E-state index in [0.29, 0.717) is 0 Å². The van der Waals surface area contributed by atoms with Crippen LogP contribution in [0.1, 0.15) is 46.3 Å². The molecule has 154 valence electrons. The molecule has 0 aliphatic carbocycles. The zero-order valence-corrected chi connectivity index (χ0v) is 21.1. The Labute approximate surface area is 172 Å². The number of carbonyl (C=O) groups is 1. The molecule has 1 amide bonds. The number of nitrogens with zero attached hydrogens (tertiary/aromatic N) is 3. The zero-order valence-electron chi connectivity index (χ0n) is 18.2. The van der Waals surface area contributed by atoms with Gasteiger partial charge in [0.25, 0.3) is 0 Å². The summed E-state index contributed by atoms with van der Waals surface area (Å²) in [5.74, 6) is 0. The van der Waals surface area contributed by atoms with Crippen molar-refractivity contribution in [2.24, 2.45) is 0 Å². The van der Waals surface area contributed by atoms with E-state index < -0.39 is 24.0 Å². The first-order valence-corrected chi connectivity index (χ1v) is 20.1. The number of ether oxygens (including phenoxy) is 2. The molecule has 7 heteroatoms. The maximum absolute atomic E-state index is 12.5. The summed E-state index contributed by atoms with van der Waals surface area (Å²) in [4.78, 5) is 21.2. The van der Waals surface area contributed by atoms with Crippen molar-refractivity contribution in [1.29, 1.82) is 0 Å². The SMILES string of the molecule is CN(C(=O)OC(C)(C)C)c1ccc2c(c1)[c]([Sn]([CH3])([CH3])[CH3])nn2C1CCCCO1. The molecule has 3 rings (SSSR count). The van der Waals surface area contributed by atoms with Crippen molar-refractivity contribution in [2.75, 3.05) is 18.6 Å². The summed E-state index contributed by atoms with van der Waals surface area (Å²) >= 11 is -2.49. The molecule has 1 atom stereocenters. The second-order valence-corrected chi connectivity index (χ2v) is 23.8. The van der Waals surface area contributed by atoms with E-state index in [1.54, 1.807) is 11.9 Å². The summed E-state index contributed by atoms with van der Waals surface area (Å²) in [5, 5.41) is 6.18. The molecule has 1 unspecified atom stereocenters. The first kappa shape index (κ1) is 21.4. The van der Waals surface area contributed by atoms with Crippen molar-refractivity contribution in [3.05, 3.63) is 18.2 Å². The minimum atomic E-state index is -2.49. The fourth-order valence-corrected chi connectivity index (χ4v) is 7.50. The number of rotatable bonds is 3. The van der Waals surface area contributed by atoms with Crippen LogP contribution in [-0.2, 0) is 9.47 Å². The van der Waals surface area contributed by atoms with Gasteiger partial charge in [0.2, 0.25) is 0 Å². The van der Waals surface area contributed by atoms with Crippen molar-refractivity contribution >= 4 is 44.8 Å². The molecule has 0 saturated carbocycles. The summed E-state index contributed by atoms with van der Waals surface area (Å²) in [6.07, 6.45) is 2.93. The van der Waals surface area contributed by atoms with Crippen molar-refractivity contribution < 1.29 is 14.3 Å². The Hall–Kier alpha value is -1.28. The van der Waals surface area contributed by atoms with Gasteiger partial charge in [-0.25, -0.2) is 0 Å². The average Bonchev–Trinajstić information content (AvgIpc) is 2.99. The summed E-state index contributed by atoms with van der Waals surface area (Å²) in [6, 6.07) is 6.12. The first-order chi connectivity index (χ1) is 13.0. The Morgan fingerprint density at radius 2 is 2.00 bits per heavy atom. The van der Waals surface area contributed by atoms with E-state index in [1.807, 2.05) is 26.8 Å². The van der Waals surface area contributed by atoms with E-state index in [-0.39, 0.29) is 12.3 Å². The fourth-order valence-electron chi connectivity index (χ4n) is 3.46. The normalized spacial score (nSPS) is 18.3. The van der Waals surface area contributed by atoms with Crippen LogP contribution in [0.15, 0.2) is 18.2 Å². The van der Waals surface area contributed by atoms with Gasteiger partial charge in [-0.1, -0.05) is 0 Å². The Kier molecular flexibility index (Phi) is 6.01. The first-order valence-electron chi connectivity index (χ1n) is 10.1. The van der Waals surface area contributed by atoms with E-state index in [0.717, 1.165) is 36.0 Å². The molecule has 28 heavy (non-hydrogen) atoms. The van der Waals surface area contributed by atoms with E-state index in [1.165, 1.54) is 10.1 Å². The molecule has 0 radical (unpaired) electrons. The predicted octanol–water partition coefficient (Wildman–Crippen LogP) is 4.65. The van der Waals surface area contributed by atoms with Crippen LogP contribution < -0.4 is 8.61 Å². The molecule has 0 bridgehead atoms. The van der Waals surface area contributed by atoms with Crippen molar-refractivity contribution in [2.45, 2.75) is 66.7 Å². The molecular weight excluding hydrogens is 461 g/mol. The Balaban J connectivity index is 2.03. The summed E-state index contributed by atoms with van der Waals surface area (Å²) in [7, 11) is 1.75. The van der Waals surface area contributed by atoms with Crippen LogP contribution in [0.5, 0.6) is 0 Å². The minimum absolute atomic E-state index is 0.00748. The third kappa shape index (κ3) is 4.64. The van der Waals surface area contributed by atoms with Gasteiger partial charge in [-0.05, 0) is 0 Å². The molecule has 1 aromatic heterocycles. The third-order valence-electron chi connectivity index (χ3n) is 4.88. The van der Waals surface area contributed by atoms with Crippen LogP contribution in [0, 0.1) is 0 Å². The van der Waals surface area contributed by atoms with Crippen LogP contribution in [0.4, 0.5) is 10.5 Å². The number of carbonyl (C=O) groups excluding carboxylic acids is 1. The number of amides is 1. The maximum atomic E-state index is 12.5. The molecule has 0 N–H and O–H groups in total. The standard InChI is InChI=1S/C18H24N3O3.3CH3.Sn/c1-18(2,3)24-17(22)20(4)14-8-9-15-13(11-14)12-19-21(15)16-7-5-6-10-23-16;;;;/h8-9,11,16H,5-7,10H2,1-4H3;3*1H3;. The quantitative estimate of drug-likeness (QED) is 0.584. The number of fused-ring (bicyclic) bond motifs is 1. The molecule has 1 aromatic carbocycles. The predicted molar refractivity (Wildman–Crippen MR) is 116 cm³/mol. The average molecular weight is 494 g/mol. The number of hydrogen-bond acceptors (Lipinski definition) is 4. The molecule has 0 spiro atoms. The number of anilines is 1. The van der Waals surface area contributed by atoms with E-state index in [4.69, 9.17) is 14.6 Å². The molecule has 1 aliphatic rings. The zero-order chi connectivity index (χ0) is 20.7. The molecule has 1 aliphatic heterocycles. The monoisotopic (exact) mass is 495 g/mol.